The quantitative estimate of drug-likeness (QED) is 0.274. The van der Waals surface area contributed by atoms with E-state index in [9.17, 15) is 41.0 Å². The maximum absolute atomic E-state index is 13.2. The fourth-order valence-corrected chi connectivity index (χ4v) is 5.06. The molecule has 0 aliphatic heterocycles. The third-order valence-electron chi connectivity index (χ3n) is 5.23. The third kappa shape index (κ3) is 6.54. The van der Waals surface area contributed by atoms with Gasteiger partial charge in [0.2, 0.25) is 0 Å². The van der Waals surface area contributed by atoms with Gasteiger partial charge in [-0.3, -0.25) is 14.3 Å². The molecule has 2 heterocycles. The van der Waals surface area contributed by atoms with Crippen molar-refractivity contribution in [2.75, 3.05) is 0 Å². The molecule has 0 fully saturated rings. The van der Waals surface area contributed by atoms with Gasteiger partial charge in [0.05, 0.1) is 18.0 Å². The molecular formula is C24H18F6N2O6S. The lowest BCUT2D eigenvalue weighted by atomic mass is 10.1. The standard InChI is InChI=1S/C24H18F6N2O6S/c1-11(33)10-32-21-18(20(34)31-22(32)35)12(2)19(39-21)13-3-8-16(17(9-13)38-24(28,29)30)36-14-4-6-15(7-5-14)37-23(25,26)27/h3-9,11,33H,10H2,1-2H3,(H,31,34,35). The van der Waals surface area contributed by atoms with E-state index in [1.165, 1.54) is 17.6 Å². The third-order valence-corrected chi connectivity index (χ3v) is 6.59. The highest BCUT2D eigenvalue weighted by atomic mass is 32.1. The van der Waals surface area contributed by atoms with E-state index in [0.29, 0.717) is 10.4 Å². The second-order valence-corrected chi connectivity index (χ2v) is 9.28. The van der Waals surface area contributed by atoms with Gasteiger partial charge in [0, 0.05) is 4.88 Å². The average Bonchev–Trinajstić information content (AvgIpc) is 3.14. The normalized spacial score (nSPS) is 12.9. The van der Waals surface area contributed by atoms with Gasteiger partial charge in [-0.05, 0) is 67.4 Å². The van der Waals surface area contributed by atoms with Gasteiger partial charge in [-0.1, -0.05) is 0 Å². The second kappa shape index (κ2) is 10.3. The molecule has 0 aliphatic carbocycles. The molecule has 4 rings (SSSR count). The lowest BCUT2D eigenvalue weighted by molar-refractivity contribution is -0.275. The van der Waals surface area contributed by atoms with Crippen LogP contribution in [0.5, 0.6) is 23.0 Å². The Morgan fingerprint density at radius 3 is 2.15 bits per heavy atom. The number of thiophene rings is 1. The van der Waals surface area contributed by atoms with Gasteiger partial charge in [0.15, 0.2) is 11.5 Å². The Bertz CT molecular complexity index is 1620. The van der Waals surface area contributed by atoms with Crippen LogP contribution in [0.25, 0.3) is 20.7 Å². The summed E-state index contributed by atoms with van der Waals surface area (Å²) in [6.45, 7) is 2.87. The Kier molecular flexibility index (Phi) is 7.40. The second-order valence-electron chi connectivity index (χ2n) is 8.29. The lowest BCUT2D eigenvalue weighted by Gasteiger charge is -2.15. The highest BCUT2D eigenvalue weighted by Gasteiger charge is 2.33. The van der Waals surface area contributed by atoms with E-state index < -0.39 is 47.3 Å². The number of hydrogen-bond donors (Lipinski definition) is 2. The van der Waals surface area contributed by atoms with Gasteiger partial charge in [0.1, 0.15) is 16.3 Å². The molecule has 2 aromatic heterocycles. The van der Waals surface area contributed by atoms with Crippen LogP contribution in [0.3, 0.4) is 0 Å². The Morgan fingerprint density at radius 1 is 0.949 bits per heavy atom. The number of rotatable bonds is 7. The molecule has 0 saturated carbocycles. The van der Waals surface area contributed by atoms with E-state index in [0.717, 1.165) is 47.7 Å². The first-order chi connectivity index (χ1) is 18.1. The fourth-order valence-electron chi connectivity index (χ4n) is 3.75. The highest BCUT2D eigenvalue weighted by Crippen LogP contribution is 2.42. The van der Waals surface area contributed by atoms with Crippen molar-refractivity contribution in [1.82, 2.24) is 9.55 Å². The molecule has 15 heteroatoms. The molecule has 0 saturated heterocycles. The van der Waals surface area contributed by atoms with E-state index in [1.807, 2.05) is 0 Å². The molecule has 2 N–H and O–H groups in total. The number of hydrogen-bond acceptors (Lipinski definition) is 7. The Balaban J connectivity index is 1.77. The molecule has 39 heavy (non-hydrogen) atoms. The summed E-state index contributed by atoms with van der Waals surface area (Å²) in [7, 11) is 0. The molecule has 0 bridgehead atoms. The average molecular weight is 576 g/mol. The van der Waals surface area contributed by atoms with Gasteiger partial charge in [0.25, 0.3) is 5.56 Å². The van der Waals surface area contributed by atoms with E-state index >= 15 is 0 Å². The number of nitrogens with zero attached hydrogens (tertiary/aromatic N) is 1. The van der Waals surface area contributed by atoms with Crippen molar-refractivity contribution in [3.8, 4) is 33.4 Å². The molecule has 0 radical (unpaired) electrons. The summed E-state index contributed by atoms with van der Waals surface area (Å²) in [5.74, 6) is -1.82. The summed E-state index contributed by atoms with van der Waals surface area (Å²) in [6.07, 6.45) is -11.0. The maximum atomic E-state index is 13.2. The molecular weight excluding hydrogens is 558 g/mol. The summed E-state index contributed by atoms with van der Waals surface area (Å²) >= 11 is 0.965. The molecule has 2 aromatic carbocycles. The maximum Gasteiger partial charge on any atom is 0.573 e. The van der Waals surface area contributed by atoms with Crippen LogP contribution in [0.4, 0.5) is 26.3 Å². The van der Waals surface area contributed by atoms with Crippen LogP contribution in [0.2, 0.25) is 0 Å². The first-order valence-corrected chi connectivity index (χ1v) is 11.8. The summed E-state index contributed by atoms with van der Waals surface area (Å²) in [4.78, 5) is 27.6. The minimum Gasteiger partial charge on any atom is -0.453 e. The fraction of sp³-hybridized carbons (Fsp3) is 0.250. The van der Waals surface area contributed by atoms with Crippen LogP contribution >= 0.6 is 11.3 Å². The molecule has 1 atom stereocenters. The first-order valence-electron chi connectivity index (χ1n) is 11.0. The molecule has 0 aliphatic rings. The summed E-state index contributed by atoms with van der Waals surface area (Å²) < 4.78 is 91.3. The van der Waals surface area contributed by atoms with Crippen LogP contribution in [0.1, 0.15) is 12.5 Å². The molecule has 208 valence electrons. The van der Waals surface area contributed by atoms with E-state index in [1.54, 1.807) is 6.92 Å². The number of aliphatic hydroxyl groups excluding tert-OH is 1. The topological polar surface area (TPSA) is 103 Å². The van der Waals surface area contributed by atoms with Crippen LogP contribution in [0.15, 0.2) is 52.1 Å². The van der Waals surface area contributed by atoms with Crippen LogP contribution in [-0.2, 0) is 6.54 Å². The van der Waals surface area contributed by atoms with Crippen LogP contribution in [0, 0.1) is 6.92 Å². The van der Waals surface area contributed by atoms with E-state index in [4.69, 9.17) is 4.74 Å². The first kappa shape index (κ1) is 28.0. The van der Waals surface area contributed by atoms with Crippen molar-refractivity contribution >= 4 is 21.6 Å². The number of benzene rings is 2. The number of fused-ring (bicyclic) bond motifs is 1. The zero-order valence-corrected chi connectivity index (χ0v) is 20.8. The monoisotopic (exact) mass is 576 g/mol. The van der Waals surface area contributed by atoms with E-state index in [2.05, 4.69) is 14.5 Å². The number of nitrogens with one attached hydrogen (secondary N) is 1. The van der Waals surface area contributed by atoms with Crippen LogP contribution in [-0.4, -0.2) is 33.5 Å². The van der Waals surface area contributed by atoms with Crippen molar-refractivity contribution in [3.63, 3.8) is 0 Å². The smallest absolute Gasteiger partial charge is 0.453 e. The van der Waals surface area contributed by atoms with Gasteiger partial charge in [-0.25, -0.2) is 4.79 Å². The van der Waals surface area contributed by atoms with Crippen molar-refractivity contribution in [1.29, 1.82) is 0 Å². The Labute approximate surface area is 218 Å². The molecule has 0 spiro atoms. The lowest BCUT2D eigenvalue weighted by Crippen LogP contribution is -2.32. The van der Waals surface area contributed by atoms with E-state index in [-0.39, 0.29) is 28.1 Å². The number of aromatic nitrogens is 2. The summed E-state index contributed by atoms with van der Waals surface area (Å²) in [5, 5.41) is 9.91. The Hall–Kier alpha value is -3.98. The van der Waals surface area contributed by atoms with Crippen molar-refractivity contribution < 1.29 is 45.7 Å². The van der Waals surface area contributed by atoms with Crippen molar-refractivity contribution in [2.24, 2.45) is 0 Å². The molecule has 4 aromatic rings. The SMILES string of the molecule is Cc1c(-c2ccc(Oc3ccc(OC(F)(F)F)cc3)c(OC(F)(F)F)c2)sc2c1c(=O)[nH]c(=O)n2CC(C)O. The number of halogens is 6. The van der Waals surface area contributed by atoms with Crippen molar-refractivity contribution in [3.05, 3.63) is 68.9 Å². The summed E-state index contributed by atoms with van der Waals surface area (Å²) in [6, 6.07) is 7.55. The zero-order chi connectivity index (χ0) is 28.7. The number of H-pyrrole nitrogens is 1. The zero-order valence-electron chi connectivity index (χ0n) is 19.9. The van der Waals surface area contributed by atoms with Gasteiger partial charge < -0.3 is 19.3 Å². The molecule has 0 amide bonds. The minimum absolute atomic E-state index is 0.101. The minimum atomic E-state index is -5.12. The Morgan fingerprint density at radius 2 is 1.56 bits per heavy atom. The predicted molar refractivity (Wildman–Crippen MR) is 128 cm³/mol. The molecule has 1 unspecified atom stereocenters. The largest absolute Gasteiger partial charge is 0.573 e. The number of aryl methyl sites for hydroxylation is 1. The number of aliphatic hydroxyl groups is 1. The molecule has 8 nitrogen and oxygen atoms in total. The van der Waals surface area contributed by atoms with Gasteiger partial charge in [-0.15, -0.1) is 37.7 Å². The summed E-state index contributed by atoms with van der Waals surface area (Å²) in [5.41, 5.74) is -0.869. The number of ether oxygens (including phenoxy) is 3. The van der Waals surface area contributed by atoms with Crippen molar-refractivity contribution in [2.45, 2.75) is 39.2 Å². The number of alkyl halides is 6. The van der Waals surface area contributed by atoms with Crippen LogP contribution < -0.4 is 25.5 Å². The predicted octanol–water partition coefficient (Wildman–Crippen LogP) is 5.70. The van der Waals surface area contributed by atoms with Gasteiger partial charge >= 0.3 is 18.4 Å². The highest BCUT2D eigenvalue weighted by molar-refractivity contribution is 7.22. The van der Waals surface area contributed by atoms with Gasteiger partial charge in [-0.2, -0.15) is 0 Å². The number of aromatic amines is 1.